The Morgan fingerprint density at radius 2 is 1.34 bits per heavy atom. The number of aromatic nitrogens is 4. The van der Waals surface area contributed by atoms with Crippen LogP contribution in [0.4, 0.5) is 19.1 Å². The molecule has 6 rings (SSSR count). The van der Waals surface area contributed by atoms with Gasteiger partial charge in [-0.1, -0.05) is 90.1 Å². The van der Waals surface area contributed by atoms with E-state index in [1.54, 1.807) is 43.2 Å². The van der Waals surface area contributed by atoms with Crippen molar-refractivity contribution in [3.63, 3.8) is 0 Å². The van der Waals surface area contributed by atoms with Gasteiger partial charge < -0.3 is 5.32 Å². The van der Waals surface area contributed by atoms with E-state index in [0.717, 1.165) is 27.5 Å². The van der Waals surface area contributed by atoms with Gasteiger partial charge in [0.2, 0.25) is 5.95 Å². The average molecular weight is 608 g/mol. The smallest absolute Gasteiger partial charge is 0.357 e. The standard InChI is InChI=1S/C28H20F3N5S.C7H8/c1-32-27-33-15-14-24(34-27)23-17-25(18-10-12-22(13-11-18)37-21-8-3-2-4-9-21)35-36-26(23)19-6-5-7-20(16-19)28(29,30)31;1-7-5-3-2-4-6-7/h2-17H,1H3,(H,32,33,34);2-6H,1H3. The van der Waals surface area contributed by atoms with E-state index in [4.69, 9.17) is 0 Å². The van der Waals surface area contributed by atoms with Gasteiger partial charge >= 0.3 is 6.18 Å². The van der Waals surface area contributed by atoms with Crippen molar-refractivity contribution in [2.75, 3.05) is 12.4 Å². The predicted molar refractivity (Wildman–Crippen MR) is 170 cm³/mol. The molecule has 9 heteroatoms. The summed E-state index contributed by atoms with van der Waals surface area (Å²) in [6, 6.07) is 36.7. The van der Waals surface area contributed by atoms with Crippen molar-refractivity contribution in [2.24, 2.45) is 0 Å². The number of rotatable bonds is 6. The molecular weight excluding hydrogens is 579 g/mol. The highest BCUT2D eigenvalue weighted by molar-refractivity contribution is 7.99. The van der Waals surface area contributed by atoms with Crippen LogP contribution in [-0.4, -0.2) is 27.2 Å². The summed E-state index contributed by atoms with van der Waals surface area (Å²) in [5.41, 5.74) is 3.62. The fraction of sp³-hybridized carbons (Fsp3) is 0.0857. The maximum absolute atomic E-state index is 13.4. The molecule has 1 N–H and O–H groups in total. The van der Waals surface area contributed by atoms with Crippen LogP contribution in [0.15, 0.2) is 137 Å². The van der Waals surface area contributed by atoms with Crippen LogP contribution in [-0.2, 0) is 6.18 Å². The second-order valence-electron chi connectivity index (χ2n) is 9.68. The SMILES string of the molecule is CNc1nccc(-c2cc(-c3ccc(Sc4ccccc4)cc3)nnc2-c2cccc(C(F)(F)F)c2)n1.Cc1ccccc1. The first-order valence-electron chi connectivity index (χ1n) is 13.7. The summed E-state index contributed by atoms with van der Waals surface area (Å²) >= 11 is 1.65. The molecule has 0 aliphatic carbocycles. The van der Waals surface area contributed by atoms with E-state index in [0.29, 0.717) is 34.2 Å². The molecule has 0 radical (unpaired) electrons. The molecule has 44 heavy (non-hydrogen) atoms. The monoisotopic (exact) mass is 607 g/mol. The fourth-order valence-corrected chi connectivity index (χ4v) is 5.10. The molecule has 0 amide bonds. The summed E-state index contributed by atoms with van der Waals surface area (Å²) in [5, 5.41) is 11.6. The van der Waals surface area contributed by atoms with E-state index in [9.17, 15) is 13.2 Å². The van der Waals surface area contributed by atoms with Crippen LogP contribution in [0.2, 0.25) is 0 Å². The Kier molecular flexibility index (Phi) is 9.66. The first-order chi connectivity index (χ1) is 21.3. The molecule has 2 aromatic heterocycles. The number of halogens is 3. The number of benzene rings is 4. The molecule has 0 unspecified atom stereocenters. The molecule has 0 saturated carbocycles. The first-order valence-corrected chi connectivity index (χ1v) is 14.5. The molecular formula is C35H28F3N5S. The van der Waals surface area contributed by atoms with E-state index in [-0.39, 0.29) is 0 Å². The van der Waals surface area contributed by atoms with Gasteiger partial charge in [-0.15, -0.1) is 10.2 Å². The first kappa shape index (κ1) is 30.4. The summed E-state index contributed by atoms with van der Waals surface area (Å²) in [6.07, 6.45) is -2.89. The second-order valence-corrected chi connectivity index (χ2v) is 10.8. The zero-order chi connectivity index (χ0) is 30.9. The fourth-order valence-electron chi connectivity index (χ4n) is 4.27. The van der Waals surface area contributed by atoms with Crippen molar-refractivity contribution in [2.45, 2.75) is 22.9 Å². The Labute approximate surface area is 258 Å². The summed E-state index contributed by atoms with van der Waals surface area (Å²) < 4.78 is 40.2. The van der Waals surface area contributed by atoms with Crippen LogP contribution in [0.3, 0.4) is 0 Å². The third kappa shape index (κ3) is 7.87. The van der Waals surface area contributed by atoms with E-state index in [1.165, 1.54) is 11.6 Å². The third-order valence-electron chi connectivity index (χ3n) is 6.48. The van der Waals surface area contributed by atoms with Crippen molar-refractivity contribution in [3.05, 3.63) is 139 Å². The average Bonchev–Trinajstić information content (AvgIpc) is 3.06. The molecule has 6 aromatic rings. The van der Waals surface area contributed by atoms with Crippen LogP contribution in [0.5, 0.6) is 0 Å². The van der Waals surface area contributed by atoms with Gasteiger partial charge in [-0.05, 0) is 55.5 Å². The number of anilines is 1. The molecule has 4 aromatic carbocycles. The van der Waals surface area contributed by atoms with E-state index < -0.39 is 11.7 Å². The number of hydrogen-bond acceptors (Lipinski definition) is 6. The largest absolute Gasteiger partial charge is 0.416 e. The highest BCUT2D eigenvalue weighted by Crippen LogP contribution is 2.36. The molecule has 5 nitrogen and oxygen atoms in total. The maximum Gasteiger partial charge on any atom is 0.416 e. The van der Waals surface area contributed by atoms with Gasteiger partial charge in [-0.25, -0.2) is 9.97 Å². The molecule has 0 bridgehead atoms. The van der Waals surface area contributed by atoms with Gasteiger partial charge in [0, 0.05) is 39.7 Å². The number of nitrogens with one attached hydrogen (secondary N) is 1. The van der Waals surface area contributed by atoms with Crippen LogP contribution in [0.1, 0.15) is 11.1 Å². The Balaban J connectivity index is 0.000000484. The van der Waals surface area contributed by atoms with Gasteiger partial charge in [0.1, 0.15) is 5.69 Å². The normalized spacial score (nSPS) is 10.9. The van der Waals surface area contributed by atoms with Crippen molar-refractivity contribution in [1.29, 1.82) is 0 Å². The van der Waals surface area contributed by atoms with E-state index >= 15 is 0 Å². The topological polar surface area (TPSA) is 63.6 Å². The molecule has 0 saturated heterocycles. The Bertz CT molecular complexity index is 1810. The summed E-state index contributed by atoms with van der Waals surface area (Å²) in [7, 11) is 1.69. The molecule has 220 valence electrons. The molecule has 0 aliphatic rings. The van der Waals surface area contributed by atoms with Crippen molar-refractivity contribution in [1.82, 2.24) is 20.2 Å². The number of aryl methyl sites for hydroxylation is 1. The van der Waals surface area contributed by atoms with Crippen LogP contribution in [0.25, 0.3) is 33.8 Å². The zero-order valence-corrected chi connectivity index (χ0v) is 24.8. The highest BCUT2D eigenvalue weighted by Gasteiger charge is 2.31. The summed E-state index contributed by atoms with van der Waals surface area (Å²) in [4.78, 5) is 10.8. The van der Waals surface area contributed by atoms with Gasteiger partial charge in [-0.3, -0.25) is 0 Å². The van der Waals surface area contributed by atoms with Gasteiger partial charge in [0.25, 0.3) is 0 Å². The van der Waals surface area contributed by atoms with Crippen molar-refractivity contribution >= 4 is 17.7 Å². The summed E-state index contributed by atoms with van der Waals surface area (Å²) in [6.45, 7) is 2.08. The van der Waals surface area contributed by atoms with E-state index in [1.807, 2.05) is 72.8 Å². The molecule has 0 spiro atoms. The van der Waals surface area contributed by atoms with Gasteiger partial charge in [0.05, 0.1) is 17.0 Å². The number of hydrogen-bond donors (Lipinski definition) is 1. The molecule has 0 atom stereocenters. The lowest BCUT2D eigenvalue weighted by molar-refractivity contribution is -0.137. The third-order valence-corrected chi connectivity index (χ3v) is 7.50. The lowest BCUT2D eigenvalue weighted by Gasteiger charge is -2.13. The maximum atomic E-state index is 13.4. The highest BCUT2D eigenvalue weighted by atomic mass is 32.2. The lowest BCUT2D eigenvalue weighted by Crippen LogP contribution is -2.05. The molecule has 0 fully saturated rings. The minimum absolute atomic E-state index is 0.295. The minimum atomic E-state index is -4.47. The van der Waals surface area contributed by atoms with Crippen molar-refractivity contribution < 1.29 is 13.2 Å². The number of nitrogens with zero attached hydrogens (tertiary/aromatic N) is 4. The van der Waals surface area contributed by atoms with Crippen LogP contribution in [0, 0.1) is 6.92 Å². The van der Waals surface area contributed by atoms with Gasteiger partial charge in [0.15, 0.2) is 0 Å². The van der Waals surface area contributed by atoms with Crippen LogP contribution < -0.4 is 5.32 Å². The summed E-state index contributed by atoms with van der Waals surface area (Å²) in [5.74, 6) is 0.383. The quantitative estimate of drug-likeness (QED) is 0.204. The predicted octanol–water partition coefficient (Wildman–Crippen LogP) is 9.47. The number of alkyl halides is 3. The Morgan fingerprint density at radius 3 is 1.98 bits per heavy atom. The van der Waals surface area contributed by atoms with Crippen molar-refractivity contribution in [3.8, 4) is 33.8 Å². The van der Waals surface area contributed by atoms with E-state index in [2.05, 4.69) is 44.5 Å². The molecule has 0 aliphatic heterocycles. The Morgan fingerprint density at radius 1 is 0.659 bits per heavy atom. The second kappa shape index (κ2) is 14.0. The minimum Gasteiger partial charge on any atom is -0.357 e. The Hall–Kier alpha value is -5.02. The van der Waals surface area contributed by atoms with Crippen LogP contribution >= 0.6 is 11.8 Å². The zero-order valence-electron chi connectivity index (χ0n) is 24.0. The molecule has 2 heterocycles. The lowest BCUT2D eigenvalue weighted by atomic mass is 10.00. The van der Waals surface area contributed by atoms with Gasteiger partial charge in [-0.2, -0.15) is 13.2 Å².